The predicted octanol–water partition coefficient (Wildman–Crippen LogP) is 4.95. The minimum Gasteiger partial charge on any atom is -0.309 e. The molecule has 0 fully saturated rings. The highest BCUT2D eigenvalue weighted by atomic mass is 32.1. The van der Waals surface area contributed by atoms with Crippen LogP contribution in [0.3, 0.4) is 0 Å². The zero-order valence-electron chi connectivity index (χ0n) is 12.2. The van der Waals surface area contributed by atoms with Crippen LogP contribution in [0.5, 0.6) is 0 Å². The highest BCUT2D eigenvalue weighted by Crippen LogP contribution is 2.35. The van der Waals surface area contributed by atoms with E-state index >= 15 is 0 Å². The molecule has 1 heterocycles. The van der Waals surface area contributed by atoms with Crippen LogP contribution in [0.25, 0.3) is 0 Å². The topological polar surface area (TPSA) is 12.0 Å². The Kier molecular flexibility index (Phi) is 4.74. The summed E-state index contributed by atoms with van der Waals surface area (Å²) in [4.78, 5) is 1.17. The van der Waals surface area contributed by atoms with Gasteiger partial charge in [-0.05, 0) is 60.7 Å². The fourth-order valence-corrected chi connectivity index (χ4v) is 3.62. The van der Waals surface area contributed by atoms with E-state index in [1.807, 2.05) is 12.4 Å². The molecular weight excluding hydrogens is 295 g/mol. The molecule has 0 aliphatic carbocycles. The molecule has 0 spiro atoms. The average molecular weight is 313 g/mol. The van der Waals surface area contributed by atoms with Crippen LogP contribution in [0.15, 0.2) is 29.6 Å². The highest BCUT2D eigenvalue weighted by Gasteiger charge is 2.31. The number of aryl methyl sites for hydroxylation is 2. The van der Waals surface area contributed by atoms with Gasteiger partial charge in [0.15, 0.2) is 0 Å². The first kappa shape index (κ1) is 16.0. The molecule has 0 radical (unpaired) electrons. The van der Waals surface area contributed by atoms with E-state index in [0.717, 1.165) is 18.1 Å². The maximum atomic E-state index is 12.8. The Bertz CT molecular complexity index is 616. The number of benzene rings is 1. The Morgan fingerprint density at radius 2 is 1.95 bits per heavy atom. The van der Waals surface area contributed by atoms with Crippen LogP contribution in [0, 0.1) is 6.92 Å². The van der Waals surface area contributed by atoms with Crippen molar-refractivity contribution in [1.82, 2.24) is 5.32 Å². The van der Waals surface area contributed by atoms with Gasteiger partial charge in [0.05, 0.1) is 11.6 Å². The number of hydrogen-bond donors (Lipinski definition) is 1. The Labute approximate surface area is 126 Å². The van der Waals surface area contributed by atoms with Crippen molar-refractivity contribution in [3.05, 3.63) is 56.8 Å². The summed E-state index contributed by atoms with van der Waals surface area (Å²) < 4.78 is 38.3. The van der Waals surface area contributed by atoms with Crippen molar-refractivity contribution in [3.63, 3.8) is 0 Å². The molecular formula is C16H18F3NS. The highest BCUT2D eigenvalue weighted by molar-refractivity contribution is 7.10. The SMILES string of the molecule is CCc1ccsc1C(NC)c1ccc(C(F)(F)F)cc1C. The largest absolute Gasteiger partial charge is 0.416 e. The standard InChI is InChI=1S/C16H18F3NS/c1-4-11-7-8-21-15(11)14(20-3)13-6-5-12(9-10(13)2)16(17,18)19/h5-9,14,20H,4H2,1-3H3. The van der Waals surface area contributed by atoms with Crippen molar-refractivity contribution in [2.24, 2.45) is 0 Å². The van der Waals surface area contributed by atoms with Gasteiger partial charge < -0.3 is 5.32 Å². The van der Waals surface area contributed by atoms with E-state index in [0.29, 0.717) is 5.56 Å². The summed E-state index contributed by atoms with van der Waals surface area (Å²) in [6, 6.07) is 5.97. The van der Waals surface area contributed by atoms with E-state index in [2.05, 4.69) is 18.3 Å². The summed E-state index contributed by atoms with van der Waals surface area (Å²) in [6.07, 6.45) is -3.38. The molecule has 1 aromatic heterocycles. The molecule has 114 valence electrons. The summed E-state index contributed by atoms with van der Waals surface area (Å²) in [5.41, 5.74) is 2.18. The summed E-state index contributed by atoms with van der Waals surface area (Å²) >= 11 is 1.64. The van der Waals surface area contributed by atoms with E-state index in [-0.39, 0.29) is 6.04 Å². The molecule has 2 aromatic rings. The lowest BCUT2D eigenvalue weighted by Gasteiger charge is -2.20. The van der Waals surface area contributed by atoms with Crippen molar-refractivity contribution in [2.45, 2.75) is 32.5 Å². The molecule has 0 amide bonds. The van der Waals surface area contributed by atoms with Crippen LogP contribution in [0.1, 0.15) is 40.1 Å². The molecule has 1 unspecified atom stereocenters. The zero-order valence-corrected chi connectivity index (χ0v) is 13.0. The average Bonchev–Trinajstić information content (AvgIpc) is 2.88. The van der Waals surface area contributed by atoms with Gasteiger partial charge in [0.2, 0.25) is 0 Å². The first-order valence-corrected chi connectivity index (χ1v) is 7.67. The normalized spacial score (nSPS) is 13.4. The number of hydrogen-bond acceptors (Lipinski definition) is 2. The van der Waals surface area contributed by atoms with Gasteiger partial charge in [-0.1, -0.05) is 13.0 Å². The quantitative estimate of drug-likeness (QED) is 0.842. The maximum absolute atomic E-state index is 12.8. The lowest BCUT2D eigenvalue weighted by Crippen LogP contribution is -2.19. The van der Waals surface area contributed by atoms with Crippen LogP contribution < -0.4 is 5.32 Å². The predicted molar refractivity (Wildman–Crippen MR) is 80.8 cm³/mol. The number of alkyl halides is 3. The molecule has 1 aromatic carbocycles. The third-order valence-electron chi connectivity index (χ3n) is 3.62. The van der Waals surface area contributed by atoms with Crippen LogP contribution in [-0.2, 0) is 12.6 Å². The fourth-order valence-electron chi connectivity index (χ4n) is 2.50. The minimum absolute atomic E-state index is 0.0674. The van der Waals surface area contributed by atoms with E-state index in [9.17, 15) is 13.2 Å². The lowest BCUT2D eigenvalue weighted by molar-refractivity contribution is -0.137. The second kappa shape index (κ2) is 6.20. The molecule has 0 bridgehead atoms. The van der Waals surface area contributed by atoms with Crippen molar-refractivity contribution in [3.8, 4) is 0 Å². The molecule has 1 nitrogen and oxygen atoms in total. The molecule has 0 saturated heterocycles. The number of rotatable bonds is 4. The van der Waals surface area contributed by atoms with Gasteiger partial charge in [0.25, 0.3) is 0 Å². The second-order valence-electron chi connectivity index (χ2n) is 4.95. The van der Waals surface area contributed by atoms with E-state index < -0.39 is 11.7 Å². The third-order valence-corrected chi connectivity index (χ3v) is 4.64. The number of halogens is 3. The summed E-state index contributed by atoms with van der Waals surface area (Å²) in [6.45, 7) is 3.81. The molecule has 0 aliphatic heterocycles. The van der Waals surface area contributed by atoms with Crippen LogP contribution >= 0.6 is 11.3 Å². The van der Waals surface area contributed by atoms with Crippen molar-refractivity contribution >= 4 is 11.3 Å². The first-order valence-electron chi connectivity index (χ1n) is 6.79. The number of thiophene rings is 1. The van der Waals surface area contributed by atoms with Crippen LogP contribution in [0.2, 0.25) is 0 Å². The van der Waals surface area contributed by atoms with Gasteiger partial charge in [0, 0.05) is 4.88 Å². The van der Waals surface area contributed by atoms with Gasteiger partial charge in [-0.15, -0.1) is 11.3 Å². The zero-order chi connectivity index (χ0) is 15.6. The van der Waals surface area contributed by atoms with E-state index in [4.69, 9.17) is 0 Å². The summed E-state index contributed by atoms with van der Waals surface area (Å²) in [5.74, 6) is 0. The van der Waals surface area contributed by atoms with Crippen molar-refractivity contribution in [2.75, 3.05) is 7.05 Å². The van der Waals surface area contributed by atoms with Crippen molar-refractivity contribution in [1.29, 1.82) is 0 Å². The Balaban J connectivity index is 2.44. The van der Waals surface area contributed by atoms with Gasteiger partial charge in [-0.25, -0.2) is 0 Å². The molecule has 1 N–H and O–H groups in total. The summed E-state index contributed by atoms with van der Waals surface area (Å²) in [5, 5.41) is 5.25. The minimum atomic E-state index is -4.30. The molecule has 0 saturated carbocycles. The van der Waals surface area contributed by atoms with Gasteiger partial charge >= 0.3 is 6.18 Å². The summed E-state index contributed by atoms with van der Waals surface area (Å²) in [7, 11) is 1.83. The van der Waals surface area contributed by atoms with Crippen LogP contribution in [0.4, 0.5) is 13.2 Å². The van der Waals surface area contributed by atoms with Gasteiger partial charge in [-0.3, -0.25) is 0 Å². The first-order chi connectivity index (χ1) is 9.88. The van der Waals surface area contributed by atoms with Gasteiger partial charge in [0.1, 0.15) is 0 Å². The maximum Gasteiger partial charge on any atom is 0.416 e. The smallest absolute Gasteiger partial charge is 0.309 e. The fraction of sp³-hybridized carbons (Fsp3) is 0.375. The van der Waals surface area contributed by atoms with E-state index in [1.54, 1.807) is 24.3 Å². The Morgan fingerprint density at radius 1 is 1.24 bits per heavy atom. The van der Waals surface area contributed by atoms with Crippen LogP contribution in [-0.4, -0.2) is 7.05 Å². The number of nitrogens with one attached hydrogen (secondary N) is 1. The molecule has 21 heavy (non-hydrogen) atoms. The molecule has 0 aliphatic rings. The third kappa shape index (κ3) is 3.30. The van der Waals surface area contributed by atoms with Gasteiger partial charge in [-0.2, -0.15) is 13.2 Å². The Hall–Kier alpha value is -1.33. The Morgan fingerprint density at radius 3 is 2.48 bits per heavy atom. The molecule has 5 heteroatoms. The molecule has 1 atom stereocenters. The van der Waals surface area contributed by atoms with E-state index in [1.165, 1.54) is 16.5 Å². The molecule has 2 rings (SSSR count). The second-order valence-corrected chi connectivity index (χ2v) is 5.90. The lowest BCUT2D eigenvalue weighted by atomic mass is 9.95. The van der Waals surface area contributed by atoms with Crippen molar-refractivity contribution < 1.29 is 13.2 Å². The monoisotopic (exact) mass is 313 g/mol.